The third-order valence-electron chi connectivity index (χ3n) is 7.97. The number of nitrogens with zero attached hydrogens (tertiary/aromatic N) is 4. The Morgan fingerprint density at radius 2 is 1.14 bits per heavy atom. The van der Waals surface area contributed by atoms with Gasteiger partial charge in [0.05, 0.1) is 25.0 Å². The Hall–Kier alpha value is -4.39. The number of alkyl halides is 3. The van der Waals surface area contributed by atoms with Crippen LogP contribution in [0.1, 0.15) is 34.6 Å². The van der Waals surface area contributed by atoms with Crippen LogP contribution >= 0.6 is 0 Å². The molecule has 0 spiro atoms. The lowest BCUT2D eigenvalue weighted by Gasteiger charge is -2.37. The summed E-state index contributed by atoms with van der Waals surface area (Å²) in [7, 11) is 0. The van der Waals surface area contributed by atoms with Gasteiger partial charge in [-0.1, -0.05) is 60.7 Å². The van der Waals surface area contributed by atoms with E-state index in [2.05, 4.69) is 4.90 Å². The second-order valence-corrected chi connectivity index (χ2v) is 10.8. The first kappa shape index (κ1) is 31.0. The van der Waals surface area contributed by atoms with Crippen LogP contribution in [0.4, 0.5) is 13.2 Å². The number of hydrogen-bond donors (Lipinski definition) is 3. The SMILES string of the molecule is O=c1cc2n(cc1O)CCN(C(CO)c1ccccc1)C2.O=c1cc2n(cc1O)CCN(C(c1ccccc1)C(F)(F)F)C2. The summed E-state index contributed by atoms with van der Waals surface area (Å²) in [5.41, 5.74) is 1.62. The first-order chi connectivity index (χ1) is 21.0. The Balaban J connectivity index is 0.000000175. The van der Waals surface area contributed by atoms with Gasteiger partial charge in [-0.25, -0.2) is 0 Å². The summed E-state index contributed by atoms with van der Waals surface area (Å²) in [6, 6.07) is 18.5. The summed E-state index contributed by atoms with van der Waals surface area (Å²) >= 11 is 0. The molecule has 2 aliphatic rings. The van der Waals surface area contributed by atoms with Crippen molar-refractivity contribution in [2.45, 2.75) is 44.4 Å². The van der Waals surface area contributed by atoms with Crippen molar-refractivity contribution < 1.29 is 28.5 Å². The number of fused-ring (bicyclic) bond motifs is 2. The molecule has 2 unspecified atom stereocenters. The van der Waals surface area contributed by atoms with Gasteiger partial charge in [0, 0.05) is 62.8 Å². The molecule has 2 aromatic heterocycles. The van der Waals surface area contributed by atoms with E-state index in [1.807, 2.05) is 34.9 Å². The van der Waals surface area contributed by atoms with E-state index < -0.39 is 23.4 Å². The summed E-state index contributed by atoms with van der Waals surface area (Å²) in [6.45, 7) is 2.51. The van der Waals surface area contributed by atoms with Gasteiger partial charge in [0.2, 0.25) is 10.9 Å². The van der Waals surface area contributed by atoms with E-state index in [9.17, 15) is 38.1 Å². The monoisotopic (exact) mass is 610 g/mol. The summed E-state index contributed by atoms with van der Waals surface area (Å²) in [5.74, 6) is -0.605. The molecular formula is C32H33F3N4O5. The van der Waals surface area contributed by atoms with Crippen LogP contribution in [0.15, 0.2) is 94.8 Å². The predicted octanol–water partition coefficient (Wildman–Crippen LogP) is 3.78. The smallest absolute Gasteiger partial charge is 0.408 e. The van der Waals surface area contributed by atoms with Crippen LogP contribution in [0.2, 0.25) is 0 Å². The van der Waals surface area contributed by atoms with Crippen LogP contribution in [0.3, 0.4) is 0 Å². The van der Waals surface area contributed by atoms with Gasteiger partial charge in [-0.15, -0.1) is 0 Å². The molecule has 2 aromatic carbocycles. The van der Waals surface area contributed by atoms with Gasteiger partial charge in [-0.05, 0) is 11.1 Å². The molecule has 2 aliphatic heterocycles. The Labute approximate surface area is 251 Å². The van der Waals surface area contributed by atoms with Crippen molar-refractivity contribution in [3.05, 3.63) is 128 Å². The standard InChI is InChI=1S/C16H15F3N2O2.C16H18N2O3/c17-16(18,19)15(11-4-2-1-3-5-11)21-7-6-20-10-14(23)13(22)8-12(20)9-21;19-11-14(12-4-2-1-3-5-12)18-7-6-17-10-16(21)15(20)8-13(17)9-18/h1-5,8,10,15,23H,6-7,9H2;1-5,8,10,14,19,21H,6-7,9,11H2. The average Bonchev–Trinajstić information content (AvgIpc) is 3.00. The van der Waals surface area contributed by atoms with Gasteiger partial charge in [-0.2, -0.15) is 13.2 Å². The summed E-state index contributed by atoms with van der Waals surface area (Å²) in [4.78, 5) is 26.6. The minimum absolute atomic E-state index is 0.00537. The molecule has 0 aliphatic carbocycles. The highest BCUT2D eigenvalue weighted by Gasteiger charge is 2.45. The van der Waals surface area contributed by atoms with Crippen molar-refractivity contribution in [1.82, 2.24) is 18.9 Å². The molecule has 12 heteroatoms. The zero-order chi connectivity index (χ0) is 31.4. The lowest BCUT2D eigenvalue weighted by atomic mass is 10.0. The van der Waals surface area contributed by atoms with Crippen LogP contribution in [0.5, 0.6) is 11.5 Å². The van der Waals surface area contributed by atoms with Gasteiger partial charge < -0.3 is 24.5 Å². The number of aromatic hydroxyl groups is 2. The molecule has 0 amide bonds. The van der Waals surface area contributed by atoms with Crippen LogP contribution in [0, 0.1) is 0 Å². The number of halogens is 3. The van der Waals surface area contributed by atoms with Crippen molar-refractivity contribution in [3.63, 3.8) is 0 Å². The van der Waals surface area contributed by atoms with Crippen LogP contribution in [0.25, 0.3) is 0 Å². The van der Waals surface area contributed by atoms with E-state index >= 15 is 0 Å². The van der Waals surface area contributed by atoms with Gasteiger partial charge in [0.1, 0.15) is 6.04 Å². The number of aliphatic hydroxyl groups excluding tert-OH is 1. The lowest BCUT2D eigenvalue weighted by Crippen LogP contribution is -2.43. The number of pyridine rings is 2. The number of aromatic nitrogens is 2. The fourth-order valence-corrected chi connectivity index (χ4v) is 5.78. The third kappa shape index (κ3) is 6.88. The highest BCUT2D eigenvalue weighted by atomic mass is 19.4. The number of hydrogen-bond acceptors (Lipinski definition) is 7. The summed E-state index contributed by atoms with van der Waals surface area (Å²) in [6.07, 6.45) is -1.65. The Bertz CT molecular complexity index is 1690. The normalized spacial score (nSPS) is 16.6. The highest BCUT2D eigenvalue weighted by molar-refractivity contribution is 5.25. The molecule has 0 saturated heterocycles. The van der Waals surface area contributed by atoms with Gasteiger partial charge in [0.25, 0.3) is 0 Å². The zero-order valence-corrected chi connectivity index (χ0v) is 23.8. The third-order valence-corrected chi connectivity index (χ3v) is 7.97. The molecule has 44 heavy (non-hydrogen) atoms. The zero-order valence-electron chi connectivity index (χ0n) is 23.8. The fourth-order valence-electron chi connectivity index (χ4n) is 5.78. The van der Waals surface area contributed by atoms with Crippen molar-refractivity contribution >= 4 is 0 Å². The second-order valence-electron chi connectivity index (χ2n) is 10.8. The Kier molecular flexibility index (Phi) is 9.23. The molecule has 0 fully saturated rings. The molecule has 4 aromatic rings. The van der Waals surface area contributed by atoms with Gasteiger partial charge in [0.15, 0.2) is 11.5 Å². The molecule has 0 radical (unpaired) electrons. The number of aliphatic hydroxyl groups is 1. The van der Waals surface area contributed by atoms with Crippen molar-refractivity contribution in [3.8, 4) is 11.5 Å². The van der Waals surface area contributed by atoms with E-state index in [-0.39, 0.29) is 49.0 Å². The molecular weight excluding hydrogens is 577 g/mol. The van der Waals surface area contributed by atoms with E-state index in [0.717, 1.165) is 17.8 Å². The second kappa shape index (κ2) is 13.1. The summed E-state index contributed by atoms with van der Waals surface area (Å²) in [5, 5.41) is 28.6. The molecule has 2 atom stereocenters. The Morgan fingerprint density at radius 1 is 0.682 bits per heavy atom. The molecule has 3 N–H and O–H groups in total. The van der Waals surface area contributed by atoms with E-state index in [0.29, 0.717) is 18.8 Å². The maximum absolute atomic E-state index is 13.6. The molecule has 232 valence electrons. The van der Waals surface area contributed by atoms with E-state index in [1.165, 1.54) is 41.6 Å². The molecule has 0 saturated carbocycles. The quantitative estimate of drug-likeness (QED) is 0.316. The molecule has 9 nitrogen and oxygen atoms in total. The first-order valence-corrected chi connectivity index (χ1v) is 14.2. The number of rotatable bonds is 5. The lowest BCUT2D eigenvalue weighted by molar-refractivity contribution is -0.190. The van der Waals surface area contributed by atoms with Crippen molar-refractivity contribution in [2.75, 3.05) is 19.7 Å². The maximum Gasteiger partial charge on any atom is 0.408 e. The van der Waals surface area contributed by atoms with E-state index in [4.69, 9.17) is 0 Å². The van der Waals surface area contributed by atoms with Crippen LogP contribution in [-0.2, 0) is 26.2 Å². The number of benzene rings is 2. The van der Waals surface area contributed by atoms with Gasteiger partial charge in [-0.3, -0.25) is 19.4 Å². The van der Waals surface area contributed by atoms with E-state index in [1.54, 1.807) is 22.8 Å². The summed E-state index contributed by atoms with van der Waals surface area (Å²) < 4.78 is 44.2. The minimum atomic E-state index is -4.42. The highest BCUT2D eigenvalue weighted by Crippen LogP contribution is 2.39. The van der Waals surface area contributed by atoms with Crippen molar-refractivity contribution in [2.24, 2.45) is 0 Å². The predicted molar refractivity (Wildman–Crippen MR) is 157 cm³/mol. The molecule has 4 heterocycles. The molecule has 0 bridgehead atoms. The van der Waals surface area contributed by atoms with Gasteiger partial charge >= 0.3 is 6.18 Å². The topological polar surface area (TPSA) is 111 Å². The Morgan fingerprint density at radius 3 is 1.61 bits per heavy atom. The minimum Gasteiger partial charge on any atom is -0.503 e. The average molecular weight is 611 g/mol. The maximum atomic E-state index is 13.6. The van der Waals surface area contributed by atoms with Crippen LogP contribution < -0.4 is 10.9 Å². The molecule has 6 rings (SSSR count). The largest absolute Gasteiger partial charge is 0.503 e. The van der Waals surface area contributed by atoms with Crippen molar-refractivity contribution in [1.29, 1.82) is 0 Å². The fraction of sp³-hybridized carbons (Fsp3) is 0.312. The first-order valence-electron chi connectivity index (χ1n) is 14.2. The van der Waals surface area contributed by atoms with Crippen LogP contribution in [-0.4, -0.2) is 60.1 Å².